The Kier molecular flexibility index (Phi) is 7.25. The Labute approximate surface area is 167 Å². The van der Waals surface area contributed by atoms with Crippen molar-refractivity contribution in [3.8, 4) is 0 Å². The molecule has 2 rings (SSSR count). The molecule has 1 heterocycles. The molecule has 1 N–H and O–H groups in total. The summed E-state index contributed by atoms with van der Waals surface area (Å²) in [5.74, 6) is 0. The molecule has 0 aliphatic carbocycles. The van der Waals surface area contributed by atoms with Gasteiger partial charge in [0.1, 0.15) is 5.60 Å². The summed E-state index contributed by atoms with van der Waals surface area (Å²) in [4.78, 5) is 17.8. The third-order valence-corrected chi connectivity index (χ3v) is 4.06. The van der Waals surface area contributed by atoms with Crippen molar-refractivity contribution in [1.29, 1.82) is 0 Å². The van der Waals surface area contributed by atoms with Crippen molar-refractivity contribution in [3.05, 3.63) is 36.7 Å². The van der Waals surface area contributed by atoms with Crippen LogP contribution >= 0.6 is 0 Å². The van der Waals surface area contributed by atoms with Crippen molar-refractivity contribution < 1.29 is 9.53 Å². The van der Waals surface area contributed by atoms with Gasteiger partial charge in [0.15, 0.2) is 0 Å². The number of hydrogen-bond acceptors (Lipinski definition) is 7. The summed E-state index contributed by atoms with van der Waals surface area (Å²) in [5, 5.41) is 11.6. The molecule has 0 spiro atoms. The summed E-state index contributed by atoms with van der Waals surface area (Å²) in [6.45, 7) is 6.84. The van der Waals surface area contributed by atoms with Crippen LogP contribution < -0.4 is 10.2 Å². The highest BCUT2D eigenvalue weighted by Gasteiger charge is 2.23. The van der Waals surface area contributed by atoms with Crippen LogP contribution in [0.25, 0.3) is 0 Å². The molecule has 0 saturated heterocycles. The molecule has 154 valence electrons. The molecule has 8 nitrogen and oxygen atoms in total. The number of nitrogens with one attached hydrogen (secondary N) is 1. The minimum absolute atomic E-state index is 0.185. The van der Waals surface area contributed by atoms with Crippen molar-refractivity contribution >= 4 is 17.5 Å². The summed E-state index contributed by atoms with van der Waals surface area (Å²) >= 11 is 0. The predicted octanol–water partition coefficient (Wildman–Crippen LogP) is 3.75. The zero-order valence-electron chi connectivity index (χ0n) is 17.7. The number of benzene rings is 1. The van der Waals surface area contributed by atoms with Crippen LogP contribution in [0.15, 0.2) is 46.9 Å². The van der Waals surface area contributed by atoms with E-state index >= 15 is 0 Å². The summed E-state index contributed by atoms with van der Waals surface area (Å²) < 4.78 is 5.24. The maximum absolute atomic E-state index is 11.7. The Morgan fingerprint density at radius 1 is 1.21 bits per heavy atom. The predicted molar refractivity (Wildman–Crippen MR) is 112 cm³/mol. The second-order valence-electron chi connectivity index (χ2n) is 7.96. The van der Waals surface area contributed by atoms with E-state index in [0.29, 0.717) is 6.54 Å². The van der Waals surface area contributed by atoms with Gasteiger partial charge in [-0.2, -0.15) is 5.11 Å². The molecule has 28 heavy (non-hydrogen) atoms. The second-order valence-corrected chi connectivity index (χ2v) is 7.96. The van der Waals surface area contributed by atoms with Crippen LogP contribution in [0, 0.1) is 0 Å². The highest BCUT2D eigenvalue weighted by molar-refractivity contribution is 5.67. The molecule has 1 amide bonds. The van der Waals surface area contributed by atoms with E-state index in [4.69, 9.17) is 4.74 Å². The number of azo groups is 1. The molecule has 1 atom stereocenters. The van der Waals surface area contributed by atoms with Crippen LogP contribution in [0.3, 0.4) is 0 Å². The third kappa shape index (κ3) is 6.75. The highest BCUT2D eigenvalue weighted by Crippen LogP contribution is 2.21. The minimum atomic E-state index is -0.485. The number of nitrogens with zero attached hydrogens (tertiary/aromatic N) is 5. The van der Waals surface area contributed by atoms with Crippen molar-refractivity contribution in [1.82, 2.24) is 15.1 Å². The molecule has 8 heteroatoms. The summed E-state index contributed by atoms with van der Waals surface area (Å²) in [7, 11) is 5.98. The number of amides is 1. The van der Waals surface area contributed by atoms with Gasteiger partial charge in [0, 0.05) is 52.3 Å². The molecule has 0 aromatic heterocycles. The van der Waals surface area contributed by atoms with E-state index < -0.39 is 5.60 Å². The second kappa shape index (κ2) is 9.43. The lowest BCUT2D eigenvalue weighted by molar-refractivity contribution is 0.0525. The molecule has 1 aliphatic rings. The first-order valence-corrected chi connectivity index (χ1v) is 9.47. The molecule has 1 aromatic rings. The molecule has 1 aromatic carbocycles. The fraction of sp³-hybridized carbons (Fsp3) is 0.550. The van der Waals surface area contributed by atoms with Gasteiger partial charge in [-0.25, -0.2) is 4.79 Å². The number of rotatable bonds is 7. The average Bonchev–Trinajstić information content (AvgIpc) is 2.95. The quantitative estimate of drug-likeness (QED) is 0.569. The first-order chi connectivity index (χ1) is 13.2. The number of hydrogen-bond donors (Lipinski definition) is 1. The van der Waals surface area contributed by atoms with E-state index in [1.807, 2.05) is 88.4 Å². The largest absolute Gasteiger partial charge is 0.444 e. The SMILES string of the molecule is CN(C)c1ccc(/N=N/C2N(C)C=CN2CCCNC(=O)OC(C)(C)C)cc1. The molecule has 0 saturated carbocycles. The number of alkyl carbamates (subject to hydrolysis) is 1. The number of carbonyl (C=O) groups excluding carboxylic acids is 1. The van der Waals surface area contributed by atoms with Gasteiger partial charge in [0.05, 0.1) is 5.69 Å². The monoisotopic (exact) mass is 388 g/mol. The summed E-state index contributed by atoms with van der Waals surface area (Å²) in [5.41, 5.74) is 1.45. The highest BCUT2D eigenvalue weighted by atomic mass is 16.6. The van der Waals surface area contributed by atoms with Gasteiger partial charge >= 0.3 is 6.09 Å². The van der Waals surface area contributed by atoms with Crippen LogP contribution in [0.5, 0.6) is 0 Å². The Balaban J connectivity index is 1.82. The van der Waals surface area contributed by atoms with Gasteiger partial charge in [-0.15, -0.1) is 5.11 Å². The first-order valence-electron chi connectivity index (χ1n) is 9.47. The Morgan fingerprint density at radius 2 is 1.89 bits per heavy atom. The Morgan fingerprint density at radius 3 is 2.50 bits per heavy atom. The molecule has 0 bridgehead atoms. The van der Waals surface area contributed by atoms with Crippen molar-refractivity contribution in [2.45, 2.75) is 39.1 Å². The van der Waals surface area contributed by atoms with E-state index in [2.05, 4.69) is 20.4 Å². The van der Waals surface area contributed by atoms with Gasteiger partial charge in [-0.3, -0.25) is 0 Å². The van der Waals surface area contributed by atoms with Gasteiger partial charge in [-0.05, 0) is 51.5 Å². The molecule has 1 unspecified atom stereocenters. The number of anilines is 1. The van der Waals surface area contributed by atoms with Crippen LogP contribution in [0.4, 0.5) is 16.2 Å². The third-order valence-electron chi connectivity index (χ3n) is 4.06. The number of ether oxygens (including phenoxy) is 1. The lowest BCUT2D eigenvalue weighted by Gasteiger charge is -2.26. The van der Waals surface area contributed by atoms with Crippen LogP contribution in [0.1, 0.15) is 27.2 Å². The lowest BCUT2D eigenvalue weighted by atomic mass is 10.2. The average molecular weight is 389 g/mol. The molecular weight excluding hydrogens is 356 g/mol. The fourth-order valence-corrected chi connectivity index (χ4v) is 2.62. The van der Waals surface area contributed by atoms with Gasteiger partial charge < -0.3 is 24.8 Å². The zero-order chi connectivity index (χ0) is 20.7. The van der Waals surface area contributed by atoms with Crippen LogP contribution in [-0.4, -0.2) is 62.0 Å². The maximum atomic E-state index is 11.7. The fourth-order valence-electron chi connectivity index (χ4n) is 2.62. The summed E-state index contributed by atoms with van der Waals surface area (Å²) in [6, 6.07) is 7.95. The van der Waals surface area contributed by atoms with E-state index in [1.165, 1.54) is 0 Å². The smallest absolute Gasteiger partial charge is 0.407 e. The normalized spacial score (nSPS) is 16.7. The molecule has 0 fully saturated rings. The van der Waals surface area contributed by atoms with E-state index in [9.17, 15) is 4.79 Å². The van der Waals surface area contributed by atoms with Crippen molar-refractivity contribution in [3.63, 3.8) is 0 Å². The van der Waals surface area contributed by atoms with Crippen LogP contribution in [-0.2, 0) is 4.74 Å². The maximum Gasteiger partial charge on any atom is 0.407 e. The standard InChI is InChI=1S/C20H32N6O2/c1-20(2,3)28-19(27)21-12-7-13-26-15-14-25(6)18(26)23-22-16-8-10-17(11-9-16)24(4)5/h8-11,14-15,18H,7,12-13H2,1-6H3,(H,21,27)/b23-22+. The Bertz CT molecular complexity index is 694. The summed E-state index contributed by atoms with van der Waals surface area (Å²) in [6.07, 6.45) is 4.17. The zero-order valence-corrected chi connectivity index (χ0v) is 17.7. The molecular formula is C20H32N6O2. The first kappa shape index (κ1) is 21.5. The van der Waals surface area contributed by atoms with Crippen molar-refractivity contribution in [2.75, 3.05) is 39.1 Å². The van der Waals surface area contributed by atoms with E-state index in [0.717, 1.165) is 24.3 Å². The molecule has 1 aliphatic heterocycles. The minimum Gasteiger partial charge on any atom is -0.444 e. The topological polar surface area (TPSA) is 72.8 Å². The van der Waals surface area contributed by atoms with E-state index in [1.54, 1.807) is 0 Å². The number of carbonyl (C=O) groups is 1. The Hall–Kier alpha value is -2.77. The molecule has 0 radical (unpaired) electrons. The van der Waals surface area contributed by atoms with Gasteiger partial charge in [0.25, 0.3) is 0 Å². The van der Waals surface area contributed by atoms with Crippen molar-refractivity contribution in [2.24, 2.45) is 10.2 Å². The van der Waals surface area contributed by atoms with Crippen LogP contribution in [0.2, 0.25) is 0 Å². The lowest BCUT2D eigenvalue weighted by Crippen LogP contribution is -2.37. The van der Waals surface area contributed by atoms with E-state index in [-0.39, 0.29) is 12.4 Å². The van der Waals surface area contributed by atoms with Gasteiger partial charge in [-0.1, -0.05) is 0 Å². The van der Waals surface area contributed by atoms with Gasteiger partial charge in [0.2, 0.25) is 6.29 Å².